The summed E-state index contributed by atoms with van der Waals surface area (Å²) in [5, 5.41) is 10.1. The number of primary sulfonamides is 1. The van der Waals surface area contributed by atoms with Crippen molar-refractivity contribution >= 4 is 21.6 Å². The Morgan fingerprint density at radius 2 is 1.86 bits per heavy atom. The lowest BCUT2D eigenvalue weighted by atomic mass is 10.2. The number of hydrogen-bond donors (Lipinski definition) is 2. The third-order valence-electron chi connectivity index (χ3n) is 2.44. The number of rotatable bonds is 3. The second-order valence-electron chi connectivity index (χ2n) is 4.08. The summed E-state index contributed by atoms with van der Waals surface area (Å²) in [6.45, 7) is 1.53. The molecule has 2 rings (SSSR count). The van der Waals surface area contributed by atoms with Crippen LogP contribution in [0.1, 0.15) is 16.2 Å². The number of halogens is 2. The molecule has 0 aliphatic rings. The number of nitrogens with two attached hydrogens (primary N) is 1. The van der Waals surface area contributed by atoms with Gasteiger partial charge in [-0.05, 0) is 19.1 Å². The van der Waals surface area contributed by atoms with Crippen LogP contribution >= 0.6 is 0 Å². The van der Waals surface area contributed by atoms with E-state index in [0.717, 1.165) is 0 Å². The molecule has 1 amide bonds. The van der Waals surface area contributed by atoms with Gasteiger partial charge in [-0.3, -0.25) is 4.79 Å². The Morgan fingerprint density at radius 1 is 1.29 bits per heavy atom. The van der Waals surface area contributed by atoms with E-state index in [1.807, 2.05) is 5.32 Å². The van der Waals surface area contributed by atoms with Crippen molar-refractivity contribution in [1.29, 1.82) is 0 Å². The van der Waals surface area contributed by atoms with Crippen LogP contribution in [0.15, 0.2) is 27.6 Å². The number of benzene rings is 1. The number of carbonyl (C=O) groups excluding carboxylic acids is 1. The standard InChI is InChI=1S/C11H9F2N3O4S/c1-5-2-9(16-20-5)11(17)15-10-7(12)3-6(4-8(10)13)21(14,18)19/h2-4H,1H3,(H,15,17)(H2,14,18,19). The summed E-state index contributed by atoms with van der Waals surface area (Å²) >= 11 is 0. The van der Waals surface area contributed by atoms with E-state index in [0.29, 0.717) is 17.9 Å². The van der Waals surface area contributed by atoms with E-state index >= 15 is 0 Å². The zero-order valence-electron chi connectivity index (χ0n) is 10.6. The molecule has 0 aliphatic carbocycles. The molecule has 0 aliphatic heterocycles. The molecule has 112 valence electrons. The van der Waals surface area contributed by atoms with Gasteiger partial charge in [0.05, 0.1) is 4.90 Å². The minimum absolute atomic E-state index is 0.179. The van der Waals surface area contributed by atoms with Crippen molar-refractivity contribution in [1.82, 2.24) is 5.16 Å². The maximum absolute atomic E-state index is 13.7. The Hall–Kier alpha value is -2.33. The molecular formula is C11H9F2N3O4S. The summed E-state index contributed by atoms with van der Waals surface area (Å²) in [4.78, 5) is 11.0. The average molecular weight is 317 g/mol. The van der Waals surface area contributed by atoms with Crippen molar-refractivity contribution in [2.75, 3.05) is 5.32 Å². The Bertz CT molecular complexity index is 794. The van der Waals surface area contributed by atoms with Crippen LogP contribution in [0.4, 0.5) is 14.5 Å². The molecule has 0 unspecified atom stereocenters. The number of carbonyl (C=O) groups is 1. The molecule has 0 radical (unpaired) electrons. The quantitative estimate of drug-likeness (QED) is 0.881. The van der Waals surface area contributed by atoms with Gasteiger partial charge in [-0.2, -0.15) is 0 Å². The number of nitrogens with zero attached hydrogens (tertiary/aromatic N) is 1. The van der Waals surface area contributed by atoms with Crippen molar-refractivity contribution in [3.63, 3.8) is 0 Å². The first-order chi connectivity index (χ1) is 9.68. The van der Waals surface area contributed by atoms with Gasteiger partial charge < -0.3 is 9.84 Å². The average Bonchev–Trinajstić information content (AvgIpc) is 2.79. The number of amides is 1. The van der Waals surface area contributed by atoms with Crippen molar-refractivity contribution in [2.24, 2.45) is 5.14 Å². The van der Waals surface area contributed by atoms with Crippen LogP contribution in [0, 0.1) is 18.6 Å². The number of anilines is 1. The van der Waals surface area contributed by atoms with Crippen molar-refractivity contribution in [3.05, 3.63) is 41.3 Å². The Labute approximate surface area is 117 Å². The molecule has 21 heavy (non-hydrogen) atoms. The van der Waals surface area contributed by atoms with Crippen LogP contribution in [-0.4, -0.2) is 19.5 Å². The largest absolute Gasteiger partial charge is 0.361 e. The maximum atomic E-state index is 13.7. The van der Waals surface area contributed by atoms with Crippen LogP contribution in [0.3, 0.4) is 0 Å². The van der Waals surface area contributed by atoms with E-state index < -0.39 is 38.1 Å². The lowest BCUT2D eigenvalue weighted by Crippen LogP contribution is -2.17. The van der Waals surface area contributed by atoms with Crippen molar-refractivity contribution < 1.29 is 26.5 Å². The molecule has 0 fully saturated rings. The molecule has 0 saturated heterocycles. The summed E-state index contributed by atoms with van der Waals surface area (Å²) < 4.78 is 54.1. The number of aryl methyl sites for hydroxylation is 1. The van der Waals surface area contributed by atoms with E-state index in [-0.39, 0.29) is 5.69 Å². The molecule has 2 aromatic rings. The van der Waals surface area contributed by atoms with E-state index in [1.54, 1.807) is 0 Å². The summed E-state index contributed by atoms with van der Waals surface area (Å²) in [5.41, 5.74) is -0.991. The molecule has 0 atom stereocenters. The van der Waals surface area contributed by atoms with Gasteiger partial charge in [0, 0.05) is 6.07 Å². The lowest BCUT2D eigenvalue weighted by Gasteiger charge is -2.07. The SMILES string of the molecule is Cc1cc(C(=O)Nc2c(F)cc(S(N)(=O)=O)cc2F)no1. The summed E-state index contributed by atoms with van der Waals surface area (Å²) in [7, 11) is -4.26. The number of hydrogen-bond acceptors (Lipinski definition) is 5. The Morgan fingerprint density at radius 3 is 2.29 bits per heavy atom. The predicted octanol–water partition coefficient (Wildman–Crippen LogP) is 1.16. The highest BCUT2D eigenvalue weighted by Crippen LogP contribution is 2.23. The first-order valence-corrected chi connectivity index (χ1v) is 6.99. The maximum Gasteiger partial charge on any atom is 0.278 e. The fourth-order valence-corrected chi connectivity index (χ4v) is 2.02. The monoisotopic (exact) mass is 317 g/mol. The number of aromatic nitrogens is 1. The second kappa shape index (κ2) is 5.22. The van der Waals surface area contributed by atoms with Gasteiger partial charge in [-0.15, -0.1) is 0 Å². The molecule has 0 bridgehead atoms. The molecular weight excluding hydrogens is 308 g/mol. The van der Waals surface area contributed by atoms with E-state index in [4.69, 9.17) is 5.14 Å². The van der Waals surface area contributed by atoms with Gasteiger partial charge >= 0.3 is 0 Å². The van der Waals surface area contributed by atoms with Gasteiger partial charge in [0.1, 0.15) is 11.4 Å². The van der Waals surface area contributed by atoms with E-state index in [9.17, 15) is 22.0 Å². The molecule has 1 aromatic carbocycles. The fraction of sp³-hybridized carbons (Fsp3) is 0.0909. The zero-order chi connectivity index (χ0) is 15.8. The highest BCUT2D eigenvalue weighted by Gasteiger charge is 2.20. The summed E-state index contributed by atoms with van der Waals surface area (Å²) in [5.74, 6) is -3.14. The van der Waals surface area contributed by atoms with Crippen LogP contribution in [0.2, 0.25) is 0 Å². The fourth-order valence-electron chi connectivity index (χ4n) is 1.48. The molecule has 1 heterocycles. The van der Waals surface area contributed by atoms with Gasteiger partial charge in [0.15, 0.2) is 17.3 Å². The molecule has 7 nitrogen and oxygen atoms in total. The molecule has 0 spiro atoms. The highest BCUT2D eigenvalue weighted by atomic mass is 32.2. The summed E-state index contributed by atoms with van der Waals surface area (Å²) in [6, 6.07) is 2.27. The topological polar surface area (TPSA) is 115 Å². The third-order valence-corrected chi connectivity index (χ3v) is 3.34. The first-order valence-electron chi connectivity index (χ1n) is 5.45. The minimum Gasteiger partial charge on any atom is -0.361 e. The minimum atomic E-state index is -4.26. The highest BCUT2D eigenvalue weighted by molar-refractivity contribution is 7.89. The normalized spacial score (nSPS) is 11.4. The predicted molar refractivity (Wildman–Crippen MR) is 66.9 cm³/mol. The van der Waals surface area contributed by atoms with Crippen LogP contribution in [0.25, 0.3) is 0 Å². The number of sulfonamides is 1. The molecule has 0 saturated carbocycles. The smallest absolute Gasteiger partial charge is 0.278 e. The molecule has 10 heteroatoms. The summed E-state index contributed by atoms with van der Waals surface area (Å²) in [6.07, 6.45) is 0. The first kappa shape index (κ1) is 15.1. The lowest BCUT2D eigenvalue weighted by molar-refractivity contribution is 0.101. The van der Waals surface area contributed by atoms with Crippen LogP contribution in [0.5, 0.6) is 0 Å². The molecule has 3 N–H and O–H groups in total. The third kappa shape index (κ3) is 3.23. The van der Waals surface area contributed by atoms with E-state index in [1.165, 1.54) is 13.0 Å². The Kier molecular flexibility index (Phi) is 3.75. The Balaban J connectivity index is 2.35. The van der Waals surface area contributed by atoms with Gasteiger partial charge in [-0.25, -0.2) is 22.3 Å². The number of nitrogens with one attached hydrogen (secondary N) is 1. The van der Waals surface area contributed by atoms with Crippen molar-refractivity contribution in [3.8, 4) is 0 Å². The van der Waals surface area contributed by atoms with Gasteiger partial charge in [0.25, 0.3) is 5.91 Å². The van der Waals surface area contributed by atoms with Crippen LogP contribution in [-0.2, 0) is 10.0 Å². The van der Waals surface area contributed by atoms with Gasteiger partial charge in [0.2, 0.25) is 10.0 Å². The van der Waals surface area contributed by atoms with Crippen LogP contribution < -0.4 is 10.5 Å². The second-order valence-corrected chi connectivity index (χ2v) is 5.65. The van der Waals surface area contributed by atoms with Crippen molar-refractivity contribution in [2.45, 2.75) is 11.8 Å². The zero-order valence-corrected chi connectivity index (χ0v) is 11.4. The van der Waals surface area contributed by atoms with Gasteiger partial charge in [-0.1, -0.05) is 5.16 Å². The molecule has 1 aromatic heterocycles. The van der Waals surface area contributed by atoms with E-state index in [2.05, 4.69) is 9.68 Å².